The zero-order chi connectivity index (χ0) is 28.2. The highest BCUT2D eigenvalue weighted by Gasteiger charge is 2.19. The molecule has 6 aromatic carbocycles. The van der Waals surface area contributed by atoms with E-state index in [1.54, 1.807) is 0 Å². The average molecular weight is 535 g/mol. The van der Waals surface area contributed by atoms with Crippen LogP contribution in [0.25, 0.3) is 66.1 Å². The Kier molecular flexibility index (Phi) is 5.22. The Bertz CT molecular complexity index is 2340. The van der Waals surface area contributed by atoms with Crippen molar-refractivity contribution in [1.82, 2.24) is 9.13 Å². The number of nitrogens with zero attached hydrogens (tertiary/aromatic N) is 4. The van der Waals surface area contributed by atoms with Crippen LogP contribution in [0.3, 0.4) is 0 Å². The largest absolute Gasteiger partial charge is 0.309 e. The van der Waals surface area contributed by atoms with E-state index in [-0.39, 0.29) is 0 Å². The van der Waals surface area contributed by atoms with E-state index in [9.17, 15) is 10.5 Å². The lowest BCUT2D eigenvalue weighted by molar-refractivity contribution is 1.17. The van der Waals surface area contributed by atoms with Crippen LogP contribution in [-0.2, 0) is 0 Å². The van der Waals surface area contributed by atoms with Gasteiger partial charge in [0, 0.05) is 38.4 Å². The van der Waals surface area contributed by atoms with E-state index in [0.717, 1.165) is 55.3 Å². The summed E-state index contributed by atoms with van der Waals surface area (Å²) in [7, 11) is 0. The quantitative estimate of drug-likeness (QED) is 0.227. The Morgan fingerprint density at radius 3 is 1.40 bits per heavy atom. The standard InChI is InChI=1S/C38H22N4/c39-23-25-17-19-33(38(21-25)42-36-15-7-3-11-31(36)32-12-4-8-16-37(32)42)28-20-18-27(22-26(28)24-40)41-34-13-5-1-9-29(34)30-10-2-6-14-35(30)41/h1-22H. The number of hydrogen-bond acceptors (Lipinski definition) is 2. The fourth-order valence-corrected chi connectivity index (χ4v) is 6.40. The van der Waals surface area contributed by atoms with Crippen molar-refractivity contribution in [3.63, 3.8) is 0 Å². The van der Waals surface area contributed by atoms with Crippen molar-refractivity contribution in [3.8, 4) is 34.6 Å². The molecule has 0 aliphatic carbocycles. The lowest BCUT2D eigenvalue weighted by atomic mass is 9.96. The van der Waals surface area contributed by atoms with Crippen molar-refractivity contribution in [2.45, 2.75) is 0 Å². The van der Waals surface area contributed by atoms with Crippen LogP contribution in [0.4, 0.5) is 0 Å². The maximum absolute atomic E-state index is 10.5. The van der Waals surface area contributed by atoms with Gasteiger partial charge in [-0.3, -0.25) is 0 Å². The summed E-state index contributed by atoms with van der Waals surface area (Å²) in [6.07, 6.45) is 0. The Balaban J connectivity index is 1.40. The molecule has 0 atom stereocenters. The third-order valence-corrected chi connectivity index (χ3v) is 8.20. The Labute approximate surface area is 242 Å². The first kappa shape index (κ1) is 23.8. The van der Waals surface area contributed by atoms with Crippen LogP contribution in [0.15, 0.2) is 133 Å². The molecule has 0 saturated carbocycles. The summed E-state index contributed by atoms with van der Waals surface area (Å²) in [4.78, 5) is 0. The van der Waals surface area contributed by atoms with Gasteiger partial charge in [0.1, 0.15) is 0 Å². The van der Waals surface area contributed by atoms with Crippen molar-refractivity contribution in [2.24, 2.45) is 0 Å². The van der Waals surface area contributed by atoms with Crippen molar-refractivity contribution in [1.29, 1.82) is 10.5 Å². The topological polar surface area (TPSA) is 57.4 Å². The van der Waals surface area contributed by atoms with Crippen molar-refractivity contribution < 1.29 is 0 Å². The van der Waals surface area contributed by atoms with Crippen LogP contribution in [0.1, 0.15) is 11.1 Å². The number of rotatable bonds is 3. The molecule has 0 N–H and O–H groups in total. The van der Waals surface area contributed by atoms with Crippen molar-refractivity contribution >= 4 is 43.6 Å². The van der Waals surface area contributed by atoms with Gasteiger partial charge in [0.05, 0.1) is 51.0 Å². The van der Waals surface area contributed by atoms with Gasteiger partial charge in [-0.2, -0.15) is 10.5 Å². The van der Waals surface area contributed by atoms with E-state index in [1.165, 1.54) is 10.8 Å². The van der Waals surface area contributed by atoms with E-state index in [4.69, 9.17) is 0 Å². The maximum atomic E-state index is 10.5. The minimum atomic E-state index is 0.566. The number of fused-ring (bicyclic) bond motifs is 6. The molecule has 2 aromatic heterocycles. The fraction of sp³-hybridized carbons (Fsp3) is 0. The van der Waals surface area contributed by atoms with Crippen LogP contribution in [0, 0.1) is 22.7 Å². The minimum absolute atomic E-state index is 0.566. The van der Waals surface area contributed by atoms with Gasteiger partial charge in [-0.25, -0.2) is 0 Å². The predicted octanol–water partition coefficient (Wildman–Crippen LogP) is 9.29. The number of para-hydroxylation sites is 4. The van der Waals surface area contributed by atoms with Gasteiger partial charge in [-0.15, -0.1) is 0 Å². The Morgan fingerprint density at radius 2 is 0.905 bits per heavy atom. The second-order valence-electron chi connectivity index (χ2n) is 10.4. The fourth-order valence-electron chi connectivity index (χ4n) is 6.40. The zero-order valence-corrected chi connectivity index (χ0v) is 22.5. The molecule has 0 saturated heterocycles. The summed E-state index contributed by atoms with van der Waals surface area (Å²) in [5.74, 6) is 0. The minimum Gasteiger partial charge on any atom is -0.309 e. The van der Waals surface area contributed by atoms with Gasteiger partial charge in [0.15, 0.2) is 0 Å². The SMILES string of the molecule is N#Cc1ccc(-c2ccc(-n3c4ccccc4c4ccccc43)cc2C#N)c(-n2c3ccccc3c3ccccc32)c1. The molecule has 0 unspecified atom stereocenters. The second-order valence-corrected chi connectivity index (χ2v) is 10.4. The lowest BCUT2D eigenvalue weighted by Gasteiger charge is -2.16. The van der Waals surface area contributed by atoms with Gasteiger partial charge >= 0.3 is 0 Å². The van der Waals surface area contributed by atoms with Crippen LogP contribution in [-0.4, -0.2) is 9.13 Å². The molecular formula is C38H22N4. The number of aromatic nitrogens is 2. The predicted molar refractivity (Wildman–Crippen MR) is 170 cm³/mol. The zero-order valence-electron chi connectivity index (χ0n) is 22.5. The van der Waals surface area contributed by atoms with E-state index in [1.807, 2.05) is 66.7 Å². The molecule has 0 aliphatic rings. The van der Waals surface area contributed by atoms with E-state index < -0.39 is 0 Å². The third-order valence-electron chi connectivity index (χ3n) is 8.20. The van der Waals surface area contributed by atoms with E-state index >= 15 is 0 Å². The molecular weight excluding hydrogens is 512 g/mol. The van der Waals surface area contributed by atoms with Crippen LogP contribution in [0.5, 0.6) is 0 Å². The van der Waals surface area contributed by atoms with Gasteiger partial charge in [-0.05, 0) is 48.5 Å². The first-order valence-corrected chi connectivity index (χ1v) is 13.8. The summed E-state index contributed by atoms with van der Waals surface area (Å²) in [6, 6.07) is 50.0. The van der Waals surface area contributed by atoms with Crippen LogP contribution >= 0.6 is 0 Å². The first-order chi connectivity index (χ1) is 20.8. The molecule has 8 rings (SSSR count). The van der Waals surface area contributed by atoms with E-state index in [0.29, 0.717) is 11.1 Å². The average Bonchev–Trinajstić information content (AvgIpc) is 3.57. The molecule has 0 radical (unpaired) electrons. The molecule has 4 nitrogen and oxygen atoms in total. The van der Waals surface area contributed by atoms with Gasteiger partial charge < -0.3 is 9.13 Å². The molecule has 0 fully saturated rings. The van der Waals surface area contributed by atoms with Crippen LogP contribution < -0.4 is 0 Å². The molecule has 0 aliphatic heterocycles. The molecule has 42 heavy (non-hydrogen) atoms. The molecule has 194 valence electrons. The normalized spacial score (nSPS) is 11.3. The Hall–Kier alpha value is -6.10. The van der Waals surface area contributed by atoms with E-state index in [2.05, 4.69) is 88.0 Å². The first-order valence-electron chi connectivity index (χ1n) is 13.8. The third kappa shape index (κ3) is 3.40. The summed E-state index contributed by atoms with van der Waals surface area (Å²) in [6.45, 7) is 0. The molecule has 2 heterocycles. The summed E-state index contributed by atoms with van der Waals surface area (Å²) >= 11 is 0. The van der Waals surface area contributed by atoms with Crippen molar-refractivity contribution in [3.05, 3.63) is 145 Å². The molecule has 0 spiro atoms. The summed E-state index contributed by atoms with van der Waals surface area (Å²) in [5, 5.41) is 25.0. The number of nitriles is 2. The summed E-state index contributed by atoms with van der Waals surface area (Å²) < 4.78 is 4.44. The molecule has 0 bridgehead atoms. The highest BCUT2D eigenvalue weighted by molar-refractivity contribution is 6.10. The maximum Gasteiger partial charge on any atom is 0.0998 e. The van der Waals surface area contributed by atoms with Gasteiger partial charge in [0.25, 0.3) is 0 Å². The summed E-state index contributed by atoms with van der Waals surface area (Å²) in [5.41, 5.74) is 8.95. The highest BCUT2D eigenvalue weighted by atomic mass is 15.0. The van der Waals surface area contributed by atoms with Crippen LogP contribution in [0.2, 0.25) is 0 Å². The second kappa shape index (κ2) is 9.24. The molecule has 4 heteroatoms. The molecule has 8 aromatic rings. The van der Waals surface area contributed by atoms with Gasteiger partial charge in [-0.1, -0.05) is 84.9 Å². The highest BCUT2D eigenvalue weighted by Crippen LogP contribution is 2.39. The number of benzene rings is 6. The number of hydrogen-bond donors (Lipinski definition) is 0. The van der Waals surface area contributed by atoms with Crippen molar-refractivity contribution in [2.75, 3.05) is 0 Å². The molecule has 0 amide bonds. The smallest absolute Gasteiger partial charge is 0.0998 e. The Morgan fingerprint density at radius 1 is 0.429 bits per heavy atom. The van der Waals surface area contributed by atoms with Gasteiger partial charge in [0.2, 0.25) is 0 Å². The monoisotopic (exact) mass is 534 g/mol. The lowest BCUT2D eigenvalue weighted by Crippen LogP contribution is -2.00.